The largest absolute Gasteiger partial charge is 0.474 e. The number of anilines is 1. The van der Waals surface area contributed by atoms with Gasteiger partial charge >= 0.3 is 0 Å². The predicted octanol–water partition coefficient (Wildman–Crippen LogP) is 2.90. The van der Waals surface area contributed by atoms with E-state index in [1.807, 2.05) is 12.1 Å². The number of hydrogen-bond donors (Lipinski definition) is 1. The van der Waals surface area contributed by atoms with E-state index in [2.05, 4.69) is 20.1 Å². The van der Waals surface area contributed by atoms with Crippen LogP contribution in [0.4, 0.5) is 5.69 Å². The molecular formula is C21H32N4O2. The second-order valence-corrected chi connectivity index (χ2v) is 8.21. The van der Waals surface area contributed by atoms with E-state index in [1.54, 1.807) is 6.20 Å². The van der Waals surface area contributed by atoms with Crippen molar-refractivity contribution in [1.29, 1.82) is 0 Å². The zero-order chi connectivity index (χ0) is 18.5. The summed E-state index contributed by atoms with van der Waals surface area (Å²) in [7, 11) is 0. The van der Waals surface area contributed by atoms with E-state index < -0.39 is 0 Å². The number of aromatic nitrogens is 1. The number of piperidine rings is 2. The number of nitrogens with one attached hydrogen (secondary N) is 1. The molecule has 3 heterocycles. The second kappa shape index (κ2) is 9.02. The molecule has 1 N–H and O–H groups in total. The van der Waals surface area contributed by atoms with Gasteiger partial charge in [-0.25, -0.2) is 4.98 Å². The van der Waals surface area contributed by atoms with E-state index in [0.717, 1.165) is 50.7 Å². The first kappa shape index (κ1) is 18.7. The lowest BCUT2D eigenvalue weighted by molar-refractivity contribution is -0.117. The van der Waals surface area contributed by atoms with Crippen LogP contribution >= 0.6 is 0 Å². The normalized spacial score (nSPS) is 23.0. The Morgan fingerprint density at radius 1 is 1.04 bits per heavy atom. The fourth-order valence-electron chi connectivity index (χ4n) is 4.33. The van der Waals surface area contributed by atoms with Gasteiger partial charge in [-0.05, 0) is 57.7 Å². The molecule has 2 aliphatic heterocycles. The number of ether oxygens (including phenoxy) is 1. The number of nitrogens with zero attached hydrogens (tertiary/aromatic N) is 3. The van der Waals surface area contributed by atoms with Gasteiger partial charge in [-0.1, -0.05) is 12.8 Å². The van der Waals surface area contributed by atoms with Crippen molar-refractivity contribution in [3.8, 4) is 5.88 Å². The third-order valence-electron chi connectivity index (χ3n) is 6.19. The molecule has 148 valence electrons. The van der Waals surface area contributed by atoms with Crippen LogP contribution in [-0.2, 0) is 4.79 Å². The van der Waals surface area contributed by atoms with Gasteiger partial charge in [-0.2, -0.15) is 0 Å². The lowest BCUT2D eigenvalue weighted by Gasteiger charge is -2.41. The van der Waals surface area contributed by atoms with E-state index in [4.69, 9.17) is 4.74 Å². The molecule has 0 unspecified atom stereocenters. The number of carbonyl (C=O) groups excluding carboxylic acids is 1. The fraction of sp³-hybridized carbons (Fsp3) is 0.714. The topological polar surface area (TPSA) is 57.7 Å². The van der Waals surface area contributed by atoms with Gasteiger partial charge in [0.1, 0.15) is 6.10 Å². The summed E-state index contributed by atoms with van der Waals surface area (Å²) in [6.45, 7) is 4.80. The van der Waals surface area contributed by atoms with Crippen LogP contribution in [0.2, 0.25) is 0 Å². The molecule has 0 radical (unpaired) electrons. The van der Waals surface area contributed by atoms with Crippen LogP contribution in [0.25, 0.3) is 0 Å². The van der Waals surface area contributed by atoms with Crippen LogP contribution in [0, 0.1) is 0 Å². The van der Waals surface area contributed by atoms with Gasteiger partial charge in [-0.15, -0.1) is 0 Å². The number of amides is 1. The number of carbonyl (C=O) groups is 1. The van der Waals surface area contributed by atoms with Crippen LogP contribution < -0.4 is 10.1 Å². The highest BCUT2D eigenvalue weighted by Crippen LogP contribution is 2.28. The van der Waals surface area contributed by atoms with Crippen molar-refractivity contribution in [2.24, 2.45) is 0 Å². The number of rotatable bonds is 6. The van der Waals surface area contributed by atoms with Gasteiger partial charge in [0, 0.05) is 25.2 Å². The van der Waals surface area contributed by atoms with Gasteiger partial charge in [-0.3, -0.25) is 9.69 Å². The van der Waals surface area contributed by atoms with Crippen LogP contribution in [0.3, 0.4) is 0 Å². The van der Waals surface area contributed by atoms with Crippen molar-refractivity contribution >= 4 is 11.6 Å². The van der Waals surface area contributed by atoms with Gasteiger partial charge in [0.05, 0.1) is 18.4 Å². The molecule has 0 atom stereocenters. The maximum Gasteiger partial charge on any atom is 0.238 e. The molecule has 6 nitrogen and oxygen atoms in total. The monoisotopic (exact) mass is 372 g/mol. The van der Waals surface area contributed by atoms with Crippen LogP contribution in [0.1, 0.15) is 51.4 Å². The minimum atomic E-state index is 0.0377. The Balaban J connectivity index is 1.20. The molecule has 0 bridgehead atoms. The minimum absolute atomic E-state index is 0.0377. The zero-order valence-electron chi connectivity index (χ0n) is 16.2. The van der Waals surface area contributed by atoms with Crippen LogP contribution in [0.15, 0.2) is 18.3 Å². The lowest BCUT2D eigenvalue weighted by atomic mass is 9.90. The van der Waals surface area contributed by atoms with Crippen molar-refractivity contribution in [3.63, 3.8) is 0 Å². The van der Waals surface area contributed by atoms with Gasteiger partial charge in [0.25, 0.3) is 0 Å². The van der Waals surface area contributed by atoms with Gasteiger partial charge < -0.3 is 15.0 Å². The third-order valence-corrected chi connectivity index (χ3v) is 6.19. The highest BCUT2D eigenvalue weighted by Gasteiger charge is 2.29. The summed E-state index contributed by atoms with van der Waals surface area (Å²) in [6, 6.07) is 4.59. The second-order valence-electron chi connectivity index (χ2n) is 8.21. The van der Waals surface area contributed by atoms with Crippen molar-refractivity contribution in [3.05, 3.63) is 18.3 Å². The first-order valence-corrected chi connectivity index (χ1v) is 10.7. The van der Waals surface area contributed by atoms with Crippen molar-refractivity contribution < 1.29 is 9.53 Å². The number of likely N-dealkylation sites (tertiary alicyclic amines) is 2. The summed E-state index contributed by atoms with van der Waals surface area (Å²) in [5.74, 6) is 0.696. The van der Waals surface area contributed by atoms with Crippen LogP contribution in [-0.4, -0.2) is 65.6 Å². The minimum Gasteiger partial charge on any atom is -0.474 e. The molecule has 1 aromatic rings. The number of hydrogen-bond acceptors (Lipinski definition) is 5. The first-order valence-electron chi connectivity index (χ1n) is 10.7. The average molecular weight is 373 g/mol. The molecule has 3 fully saturated rings. The molecule has 4 rings (SSSR count). The molecule has 3 aliphatic rings. The summed E-state index contributed by atoms with van der Waals surface area (Å²) >= 11 is 0. The van der Waals surface area contributed by atoms with Crippen LogP contribution in [0.5, 0.6) is 5.88 Å². The average Bonchev–Trinajstić information content (AvgIpc) is 2.64. The maximum absolute atomic E-state index is 12.2. The third kappa shape index (κ3) is 5.20. The van der Waals surface area contributed by atoms with Gasteiger partial charge in [0.15, 0.2) is 0 Å². The Bertz CT molecular complexity index is 603. The van der Waals surface area contributed by atoms with E-state index in [0.29, 0.717) is 12.4 Å². The molecule has 6 heteroatoms. The van der Waals surface area contributed by atoms with E-state index in [-0.39, 0.29) is 12.0 Å². The van der Waals surface area contributed by atoms with Crippen molar-refractivity contribution in [1.82, 2.24) is 14.8 Å². The fourth-order valence-corrected chi connectivity index (χ4v) is 4.33. The Labute approximate surface area is 162 Å². The smallest absolute Gasteiger partial charge is 0.238 e. The summed E-state index contributed by atoms with van der Waals surface area (Å²) in [6.07, 6.45) is 11.9. The summed E-state index contributed by atoms with van der Waals surface area (Å²) in [5.41, 5.74) is 0.740. The van der Waals surface area contributed by atoms with E-state index in [9.17, 15) is 4.79 Å². The first-order chi connectivity index (χ1) is 13.3. The lowest BCUT2D eigenvalue weighted by Crippen LogP contribution is -2.46. The predicted molar refractivity (Wildman–Crippen MR) is 106 cm³/mol. The zero-order valence-corrected chi connectivity index (χ0v) is 16.2. The summed E-state index contributed by atoms with van der Waals surface area (Å²) < 4.78 is 6.06. The molecular weight excluding hydrogens is 340 g/mol. The molecule has 1 aromatic heterocycles. The van der Waals surface area contributed by atoms with Gasteiger partial charge in [0.2, 0.25) is 11.8 Å². The Morgan fingerprint density at radius 3 is 2.44 bits per heavy atom. The van der Waals surface area contributed by atoms with E-state index >= 15 is 0 Å². The number of pyridine rings is 1. The highest BCUT2D eigenvalue weighted by molar-refractivity contribution is 5.92. The Hall–Kier alpha value is -1.66. The molecule has 2 saturated heterocycles. The molecule has 0 spiro atoms. The quantitative estimate of drug-likeness (QED) is 0.832. The van der Waals surface area contributed by atoms with Crippen molar-refractivity contribution in [2.45, 2.75) is 63.5 Å². The Morgan fingerprint density at radius 2 is 1.81 bits per heavy atom. The molecule has 1 aliphatic carbocycles. The molecule has 27 heavy (non-hydrogen) atoms. The standard InChI is InChI=1S/C21H32N4O2/c26-20(16-24-11-2-1-3-12-24)23-17-7-8-21(22-15-17)27-19-9-13-25(14-10-19)18-5-4-6-18/h7-8,15,18-19H,1-6,9-14,16H2,(H,23,26). The molecule has 0 aromatic carbocycles. The van der Waals surface area contributed by atoms with Crippen molar-refractivity contribution in [2.75, 3.05) is 38.0 Å². The highest BCUT2D eigenvalue weighted by atomic mass is 16.5. The summed E-state index contributed by atoms with van der Waals surface area (Å²) in [4.78, 5) is 21.4. The maximum atomic E-state index is 12.2. The molecule has 1 saturated carbocycles. The molecule has 1 amide bonds. The SMILES string of the molecule is O=C(CN1CCCCC1)Nc1ccc(OC2CCN(C3CCC3)CC2)nc1. The summed E-state index contributed by atoms with van der Waals surface area (Å²) in [5, 5.41) is 2.95. The van der Waals surface area contributed by atoms with E-state index in [1.165, 1.54) is 38.5 Å². The Kier molecular flexibility index (Phi) is 6.24.